The maximum Gasteiger partial charge on any atom is 0.402 e. The van der Waals surface area contributed by atoms with Crippen molar-refractivity contribution < 1.29 is 26.3 Å². The number of nitrogens with zero attached hydrogens (tertiary/aromatic N) is 3. The zero-order chi connectivity index (χ0) is 14.1. The van der Waals surface area contributed by atoms with Crippen LogP contribution in [-0.4, -0.2) is 27.1 Å². The van der Waals surface area contributed by atoms with E-state index in [4.69, 9.17) is 5.73 Å². The molecule has 0 aromatic carbocycles. The molecule has 0 bridgehead atoms. The molecule has 104 valence electrons. The van der Waals surface area contributed by atoms with Crippen LogP contribution in [-0.2, 0) is 6.54 Å². The summed E-state index contributed by atoms with van der Waals surface area (Å²) < 4.78 is 75.5. The summed E-state index contributed by atoms with van der Waals surface area (Å²) in [4.78, 5) is 3.36. The van der Waals surface area contributed by atoms with Gasteiger partial charge in [0.2, 0.25) is 0 Å². The molecule has 2 N–H and O–H groups in total. The Morgan fingerprint density at radius 3 is 2.11 bits per heavy atom. The van der Waals surface area contributed by atoms with E-state index in [1.54, 1.807) is 0 Å². The van der Waals surface area contributed by atoms with Crippen LogP contribution in [0.3, 0.4) is 0 Å². The fraction of sp³-hybridized carbons (Fsp3) is 0.750. The molecular formula is C8H10F6N4. The first-order chi connectivity index (χ1) is 8.09. The van der Waals surface area contributed by atoms with Gasteiger partial charge in [0.05, 0.1) is 6.04 Å². The Morgan fingerprint density at radius 1 is 1.22 bits per heavy atom. The highest BCUT2D eigenvalue weighted by atomic mass is 19.4. The van der Waals surface area contributed by atoms with E-state index in [1.165, 1.54) is 6.92 Å². The number of hydrogen-bond acceptors (Lipinski definition) is 3. The minimum Gasteiger partial charge on any atom is -0.321 e. The second-order valence-corrected chi connectivity index (χ2v) is 3.52. The Balaban J connectivity index is 3.16. The molecule has 0 radical (unpaired) electrons. The second kappa shape index (κ2) is 4.75. The summed E-state index contributed by atoms with van der Waals surface area (Å²) >= 11 is 0. The van der Waals surface area contributed by atoms with Crippen LogP contribution in [0, 0.1) is 5.92 Å². The highest BCUT2D eigenvalue weighted by Gasteiger charge is 2.60. The van der Waals surface area contributed by atoms with Gasteiger partial charge in [-0.1, -0.05) is 0 Å². The Morgan fingerprint density at radius 2 is 1.72 bits per heavy atom. The molecule has 1 aromatic rings. The summed E-state index contributed by atoms with van der Waals surface area (Å²) in [5, 5.41) is 3.49. The standard InChI is InChI=1S/C8H10F6N4/c1-2-18-6(16-3-17-18)4(15)5(7(9,10)11)8(12,13)14/h3-5H,2,15H2,1H3. The summed E-state index contributed by atoms with van der Waals surface area (Å²) in [7, 11) is 0. The molecule has 1 rings (SSSR count). The number of aromatic nitrogens is 3. The lowest BCUT2D eigenvalue weighted by molar-refractivity contribution is -0.291. The predicted octanol–water partition coefficient (Wildman–Crippen LogP) is 2.04. The highest BCUT2D eigenvalue weighted by Crippen LogP contribution is 2.44. The van der Waals surface area contributed by atoms with E-state index in [0.29, 0.717) is 0 Å². The lowest BCUT2D eigenvalue weighted by Gasteiger charge is -2.27. The molecule has 1 unspecified atom stereocenters. The van der Waals surface area contributed by atoms with E-state index < -0.39 is 30.1 Å². The Labute approximate surface area is 97.8 Å². The first-order valence-electron chi connectivity index (χ1n) is 4.85. The van der Waals surface area contributed by atoms with Crippen LogP contribution in [0.15, 0.2) is 6.33 Å². The van der Waals surface area contributed by atoms with Crippen molar-refractivity contribution in [1.29, 1.82) is 0 Å². The van der Waals surface area contributed by atoms with Crippen LogP contribution in [0.5, 0.6) is 0 Å². The second-order valence-electron chi connectivity index (χ2n) is 3.52. The minimum absolute atomic E-state index is 0.0749. The van der Waals surface area contributed by atoms with Crippen molar-refractivity contribution in [3.05, 3.63) is 12.2 Å². The van der Waals surface area contributed by atoms with Crippen LogP contribution >= 0.6 is 0 Å². The molecule has 0 aliphatic heterocycles. The van der Waals surface area contributed by atoms with Crippen LogP contribution in [0.25, 0.3) is 0 Å². The van der Waals surface area contributed by atoms with Gasteiger partial charge in [-0.25, -0.2) is 9.67 Å². The summed E-state index contributed by atoms with van der Waals surface area (Å²) in [5.74, 6) is -4.21. The molecule has 1 aromatic heterocycles. The maximum atomic E-state index is 12.4. The molecule has 0 aliphatic rings. The van der Waals surface area contributed by atoms with Gasteiger partial charge in [0.1, 0.15) is 12.2 Å². The van der Waals surface area contributed by atoms with E-state index in [2.05, 4.69) is 10.1 Å². The number of halogens is 6. The van der Waals surface area contributed by atoms with Gasteiger partial charge >= 0.3 is 12.4 Å². The Bertz CT molecular complexity index is 381. The van der Waals surface area contributed by atoms with Crippen LogP contribution in [0.4, 0.5) is 26.3 Å². The molecule has 0 aliphatic carbocycles. The molecule has 0 spiro atoms. The fourth-order valence-electron chi connectivity index (χ4n) is 1.52. The number of alkyl halides is 6. The Kier molecular flexibility index (Phi) is 3.89. The third kappa shape index (κ3) is 2.92. The Hall–Kier alpha value is -1.32. The summed E-state index contributed by atoms with van der Waals surface area (Å²) in [6.07, 6.45) is -10.1. The quantitative estimate of drug-likeness (QED) is 0.859. The van der Waals surface area contributed by atoms with Crippen molar-refractivity contribution >= 4 is 0 Å². The molecule has 10 heteroatoms. The predicted molar refractivity (Wildman–Crippen MR) is 48.2 cm³/mol. The zero-order valence-electron chi connectivity index (χ0n) is 9.13. The van der Waals surface area contributed by atoms with Gasteiger partial charge < -0.3 is 5.73 Å². The van der Waals surface area contributed by atoms with Gasteiger partial charge in [0, 0.05) is 6.54 Å². The smallest absolute Gasteiger partial charge is 0.321 e. The van der Waals surface area contributed by atoms with E-state index in [1.807, 2.05) is 0 Å². The van der Waals surface area contributed by atoms with Crippen molar-refractivity contribution in [3.8, 4) is 0 Å². The number of hydrogen-bond donors (Lipinski definition) is 1. The van der Waals surface area contributed by atoms with Crippen molar-refractivity contribution in [3.63, 3.8) is 0 Å². The normalized spacial score (nSPS) is 15.2. The molecule has 4 nitrogen and oxygen atoms in total. The average Bonchev–Trinajstić information content (AvgIpc) is 2.59. The molecule has 18 heavy (non-hydrogen) atoms. The molecule has 0 fully saturated rings. The van der Waals surface area contributed by atoms with Gasteiger partial charge in [-0.3, -0.25) is 0 Å². The average molecular weight is 276 g/mol. The monoisotopic (exact) mass is 276 g/mol. The van der Waals surface area contributed by atoms with Crippen LogP contribution in [0.2, 0.25) is 0 Å². The van der Waals surface area contributed by atoms with Crippen molar-refractivity contribution in [2.24, 2.45) is 11.7 Å². The van der Waals surface area contributed by atoms with E-state index in [-0.39, 0.29) is 6.54 Å². The van der Waals surface area contributed by atoms with E-state index >= 15 is 0 Å². The van der Waals surface area contributed by atoms with Crippen molar-refractivity contribution in [2.45, 2.75) is 31.9 Å². The van der Waals surface area contributed by atoms with Crippen LogP contribution < -0.4 is 5.73 Å². The number of rotatable bonds is 3. The molecule has 1 heterocycles. The minimum atomic E-state index is -5.50. The highest BCUT2D eigenvalue weighted by molar-refractivity contribution is 5.00. The molecule has 0 saturated carbocycles. The van der Waals surface area contributed by atoms with Crippen molar-refractivity contribution in [2.75, 3.05) is 0 Å². The first-order valence-corrected chi connectivity index (χ1v) is 4.85. The van der Waals surface area contributed by atoms with Gasteiger partial charge in [0.15, 0.2) is 5.92 Å². The fourth-order valence-corrected chi connectivity index (χ4v) is 1.52. The molecular weight excluding hydrogens is 266 g/mol. The van der Waals surface area contributed by atoms with Crippen LogP contribution in [0.1, 0.15) is 18.8 Å². The SMILES string of the molecule is CCn1ncnc1C(N)C(C(F)(F)F)C(F)(F)F. The lowest BCUT2D eigenvalue weighted by Crippen LogP contribution is -2.44. The zero-order valence-corrected chi connectivity index (χ0v) is 9.13. The van der Waals surface area contributed by atoms with E-state index in [0.717, 1.165) is 11.0 Å². The van der Waals surface area contributed by atoms with Crippen molar-refractivity contribution in [1.82, 2.24) is 14.8 Å². The number of aryl methyl sites for hydroxylation is 1. The topological polar surface area (TPSA) is 56.7 Å². The van der Waals surface area contributed by atoms with Gasteiger partial charge in [-0.2, -0.15) is 31.4 Å². The van der Waals surface area contributed by atoms with Gasteiger partial charge in [-0.05, 0) is 6.92 Å². The maximum absolute atomic E-state index is 12.4. The number of nitrogens with two attached hydrogens (primary N) is 1. The molecule has 1 atom stereocenters. The third-order valence-electron chi connectivity index (χ3n) is 2.31. The van der Waals surface area contributed by atoms with Gasteiger partial charge in [-0.15, -0.1) is 0 Å². The first kappa shape index (κ1) is 14.7. The third-order valence-corrected chi connectivity index (χ3v) is 2.31. The largest absolute Gasteiger partial charge is 0.402 e. The van der Waals surface area contributed by atoms with E-state index in [9.17, 15) is 26.3 Å². The molecule has 0 saturated heterocycles. The summed E-state index contributed by atoms with van der Waals surface area (Å²) in [6, 6.07) is -2.34. The summed E-state index contributed by atoms with van der Waals surface area (Å²) in [6.45, 7) is 1.58. The van der Waals surface area contributed by atoms with Gasteiger partial charge in [0.25, 0.3) is 0 Å². The lowest BCUT2D eigenvalue weighted by atomic mass is 9.98. The summed E-state index contributed by atoms with van der Waals surface area (Å²) in [5.41, 5.74) is 5.07. The molecule has 0 amide bonds.